The standard InChI is InChI=1S/C13H20N4O3/c1-3-10-11(8-16(2)15-10)14-13(20)17(9-4-5-9)7-6-12(18)19/h8-9H,3-7H2,1-2H3,(H,14,20)(H,18,19). The maximum absolute atomic E-state index is 12.3. The highest BCUT2D eigenvalue weighted by atomic mass is 16.4. The lowest BCUT2D eigenvalue weighted by atomic mass is 10.3. The number of nitrogens with zero attached hydrogens (tertiary/aromatic N) is 3. The molecule has 0 spiro atoms. The average molecular weight is 280 g/mol. The summed E-state index contributed by atoms with van der Waals surface area (Å²) in [4.78, 5) is 24.5. The Hall–Kier alpha value is -2.05. The van der Waals surface area contributed by atoms with Gasteiger partial charge in [-0.05, 0) is 19.3 Å². The zero-order valence-electron chi connectivity index (χ0n) is 11.8. The number of nitrogens with one attached hydrogen (secondary N) is 1. The van der Waals surface area contributed by atoms with E-state index in [0.29, 0.717) is 5.69 Å². The molecule has 0 bridgehead atoms. The number of rotatable bonds is 6. The Morgan fingerprint density at radius 2 is 2.25 bits per heavy atom. The van der Waals surface area contributed by atoms with E-state index in [9.17, 15) is 9.59 Å². The Morgan fingerprint density at radius 3 is 2.80 bits per heavy atom. The lowest BCUT2D eigenvalue weighted by Gasteiger charge is -2.21. The van der Waals surface area contributed by atoms with Crippen LogP contribution < -0.4 is 5.32 Å². The molecule has 7 heteroatoms. The van der Waals surface area contributed by atoms with Crippen LogP contribution in [0.3, 0.4) is 0 Å². The molecule has 0 aromatic carbocycles. The lowest BCUT2D eigenvalue weighted by molar-refractivity contribution is -0.137. The second-order valence-electron chi connectivity index (χ2n) is 5.02. The monoisotopic (exact) mass is 280 g/mol. The Bertz CT molecular complexity index is 508. The van der Waals surface area contributed by atoms with Gasteiger partial charge in [-0.3, -0.25) is 9.48 Å². The number of anilines is 1. The number of aromatic nitrogens is 2. The van der Waals surface area contributed by atoms with E-state index in [-0.39, 0.29) is 25.0 Å². The first-order chi connectivity index (χ1) is 9.51. The molecule has 110 valence electrons. The number of carboxylic acids is 1. The van der Waals surface area contributed by atoms with E-state index in [2.05, 4.69) is 10.4 Å². The third-order valence-electron chi connectivity index (χ3n) is 3.30. The van der Waals surface area contributed by atoms with Gasteiger partial charge in [-0.1, -0.05) is 6.92 Å². The van der Waals surface area contributed by atoms with Crippen molar-refractivity contribution in [2.75, 3.05) is 11.9 Å². The molecule has 2 rings (SSSR count). The second-order valence-corrected chi connectivity index (χ2v) is 5.02. The number of urea groups is 1. The number of aliphatic carboxylic acids is 1. The largest absolute Gasteiger partial charge is 0.481 e. The van der Waals surface area contributed by atoms with Gasteiger partial charge in [0.2, 0.25) is 0 Å². The molecule has 0 aliphatic heterocycles. The van der Waals surface area contributed by atoms with E-state index < -0.39 is 5.97 Å². The topological polar surface area (TPSA) is 87.5 Å². The van der Waals surface area contributed by atoms with Crippen molar-refractivity contribution in [1.29, 1.82) is 0 Å². The molecule has 1 aliphatic rings. The van der Waals surface area contributed by atoms with Gasteiger partial charge in [-0.25, -0.2) is 4.79 Å². The Balaban J connectivity index is 2.02. The molecule has 1 heterocycles. The summed E-state index contributed by atoms with van der Waals surface area (Å²) in [7, 11) is 1.80. The van der Waals surface area contributed by atoms with Gasteiger partial charge in [0.05, 0.1) is 17.8 Å². The highest BCUT2D eigenvalue weighted by Crippen LogP contribution is 2.28. The van der Waals surface area contributed by atoms with Crippen LogP contribution in [-0.2, 0) is 18.3 Å². The molecule has 20 heavy (non-hydrogen) atoms. The van der Waals surface area contributed by atoms with Crippen LogP contribution in [0.2, 0.25) is 0 Å². The molecule has 1 fully saturated rings. The maximum atomic E-state index is 12.3. The van der Waals surface area contributed by atoms with Crippen molar-refractivity contribution in [3.8, 4) is 0 Å². The zero-order chi connectivity index (χ0) is 14.7. The molecule has 1 saturated carbocycles. The minimum absolute atomic E-state index is 0.0302. The minimum Gasteiger partial charge on any atom is -0.481 e. The molecular weight excluding hydrogens is 260 g/mol. The average Bonchev–Trinajstić information content (AvgIpc) is 3.14. The number of carbonyl (C=O) groups is 2. The van der Waals surface area contributed by atoms with Crippen molar-refractivity contribution in [3.63, 3.8) is 0 Å². The second kappa shape index (κ2) is 5.94. The quantitative estimate of drug-likeness (QED) is 0.825. The van der Waals surface area contributed by atoms with Crippen LogP contribution in [0.15, 0.2) is 6.20 Å². The van der Waals surface area contributed by atoms with E-state index in [1.165, 1.54) is 0 Å². The summed E-state index contributed by atoms with van der Waals surface area (Å²) in [5.41, 5.74) is 1.52. The fourth-order valence-electron chi connectivity index (χ4n) is 2.14. The first-order valence-electron chi connectivity index (χ1n) is 6.83. The molecule has 0 radical (unpaired) electrons. The first kappa shape index (κ1) is 14.4. The van der Waals surface area contributed by atoms with Crippen molar-refractivity contribution in [3.05, 3.63) is 11.9 Å². The molecule has 1 aromatic rings. The summed E-state index contributed by atoms with van der Waals surface area (Å²) in [6.07, 6.45) is 4.35. The third-order valence-corrected chi connectivity index (χ3v) is 3.30. The van der Waals surface area contributed by atoms with E-state index >= 15 is 0 Å². The SMILES string of the molecule is CCc1nn(C)cc1NC(=O)N(CCC(=O)O)C1CC1. The predicted octanol–water partition coefficient (Wildman–Crippen LogP) is 1.45. The molecule has 0 unspecified atom stereocenters. The molecule has 0 atom stereocenters. The normalized spacial score (nSPS) is 14.1. The molecule has 1 aliphatic carbocycles. The number of hydrogen-bond donors (Lipinski definition) is 2. The highest BCUT2D eigenvalue weighted by Gasteiger charge is 2.33. The molecule has 7 nitrogen and oxygen atoms in total. The molecule has 1 aromatic heterocycles. The van der Waals surface area contributed by atoms with Crippen LogP contribution in [0.25, 0.3) is 0 Å². The lowest BCUT2D eigenvalue weighted by Crippen LogP contribution is -2.38. The maximum Gasteiger partial charge on any atom is 0.322 e. The summed E-state index contributed by atoms with van der Waals surface area (Å²) in [6, 6.07) is -0.0625. The van der Waals surface area contributed by atoms with Gasteiger partial charge in [-0.2, -0.15) is 5.10 Å². The number of carbonyl (C=O) groups excluding carboxylic acids is 1. The molecule has 2 N–H and O–H groups in total. The zero-order valence-corrected chi connectivity index (χ0v) is 11.8. The minimum atomic E-state index is -0.890. The fourth-order valence-corrected chi connectivity index (χ4v) is 2.14. The van der Waals surface area contributed by atoms with Crippen LogP contribution in [0.5, 0.6) is 0 Å². The fraction of sp³-hybridized carbons (Fsp3) is 0.615. The van der Waals surface area contributed by atoms with E-state index in [1.807, 2.05) is 6.92 Å². The number of hydrogen-bond acceptors (Lipinski definition) is 3. The first-order valence-corrected chi connectivity index (χ1v) is 6.83. The number of amides is 2. The van der Waals surface area contributed by atoms with Gasteiger partial charge in [0.15, 0.2) is 0 Å². The van der Waals surface area contributed by atoms with Crippen molar-refractivity contribution in [2.45, 2.75) is 38.6 Å². The van der Waals surface area contributed by atoms with Crippen LogP contribution in [0, 0.1) is 0 Å². The van der Waals surface area contributed by atoms with Gasteiger partial charge < -0.3 is 15.3 Å². The van der Waals surface area contributed by atoms with Gasteiger partial charge in [0, 0.05) is 25.8 Å². The van der Waals surface area contributed by atoms with Gasteiger partial charge in [-0.15, -0.1) is 0 Å². The third kappa shape index (κ3) is 3.49. The Kier molecular flexibility index (Phi) is 4.26. The molecule has 2 amide bonds. The Labute approximate surface area is 117 Å². The smallest absolute Gasteiger partial charge is 0.322 e. The van der Waals surface area contributed by atoms with Crippen LogP contribution in [0.1, 0.15) is 31.9 Å². The number of carboxylic acid groups (broad SMARTS) is 1. The van der Waals surface area contributed by atoms with Crippen molar-refractivity contribution in [2.24, 2.45) is 7.05 Å². The van der Waals surface area contributed by atoms with Crippen LogP contribution >= 0.6 is 0 Å². The van der Waals surface area contributed by atoms with E-state index in [1.54, 1.807) is 22.8 Å². The van der Waals surface area contributed by atoms with E-state index in [4.69, 9.17) is 5.11 Å². The van der Waals surface area contributed by atoms with Crippen molar-refractivity contribution < 1.29 is 14.7 Å². The highest BCUT2D eigenvalue weighted by molar-refractivity contribution is 5.90. The van der Waals surface area contributed by atoms with Gasteiger partial charge in [0.1, 0.15) is 0 Å². The predicted molar refractivity (Wildman–Crippen MR) is 73.6 cm³/mol. The summed E-state index contributed by atoms with van der Waals surface area (Å²) >= 11 is 0. The summed E-state index contributed by atoms with van der Waals surface area (Å²) in [5.74, 6) is -0.890. The van der Waals surface area contributed by atoms with Gasteiger partial charge in [0.25, 0.3) is 0 Å². The van der Waals surface area contributed by atoms with Crippen molar-refractivity contribution >= 4 is 17.7 Å². The van der Waals surface area contributed by atoms with Crippen LogP contribution in [0.4, 0.5) is 10.5 Å². The summed E-state index contributed by atoms with van der Waals surface area (Å²) < 4.78 is 1.66. The molecule has 0 saturated heterocycles. The molecular formula is C13H20N4O3. The summed E-state index contributed by atoms with van der Waals surface area (Å²) in [6.45, 7) is 2.22. The van der Waals surface area contributed by atoms with E-state index in [0.717, 1.165) is 25.0 Å². The van der Waals surface area contributed by atoms with Crippen molar-refractivity contribution in [1.82, 2.24) is 14.7 Å². The summed E-state index contributed by atoms with van der Waals surface area (Å²) in [5, 5.41) is 15.9. The number of aryl methyl sites for hydroxylation is 2. The Morgan fingerprint density at radius 1 is 1.55 bits per heavy atom. The van der Waals surface area contributed by atoms with Crippen LogP contribution in [-0.4, -0.2) is 44.4 Å². The van der Waals surface area contributed by atoms with Gasteiger partial charge >= 0.3 is 12.0 Å².